The predicted molar refractivity (Wildman–Crippen MR) is 72.8 cm³/mol. The van der Waals surface area contributed by atoms with Crippen molar-refractivity contribution in [1.82, 2.24) is 5.32 Å². The first kappa shape index (κ1) is 13.9. The Labute approximate surface area is 114 Å². The third kappa shape index (κ3) is 4.23. The quantitative estimate of drug-likeness (QED) is 0.882. The van der Waals surface area contributed by atoms with Crippen LogP contribution in [0.1, 0.15) is 25.3 Å². The van der Waals surface area contributed by atoms with Gasteiger partial charge in [-0.1, -0.05) is 12.1 Å². The second kappa shape index (κ2) is 6.55. The van der Waals surface area contributed by atoms with Gasteiger partial charge in [-0.2, -0.15) is 5.26 Å². The van der Waals surface area contributed by atoms with E-state index in [2.05, 4.69) is 12.2 Å². The lowest BCUT2D eigenvalue weighted by molar-refractivity contribution is 0.0446. The number of ether oxygens (including phenoxy) is 2. The third-order valence-electron chi connectivity index (χ3n) is 3.54. The van der Waals surface area contributed by atoms with Crippen LogP contribution in [-0.2, 0) is 11.3 Å². The molecule has 1 heterocycles. The van der Waals surface area contributed by atoms with Crippen molar-refractivity contribution < 1.29 is 9.47 Å². The van der Waals surface area contributed by atoms with E-state index in [-0.39, 0.29) is 12.1 Å². The molecule has 1 N–H and O–H groups in total. The van der Waals surface area contributed by atoms with Gasteiger partial charge in [0, 0.05) is 25.3 Å². The fourth-order valence-corrected chi connectivity index (χ4v) is 2.13. The molecule has 1 aliphatic heterocycles. The lowest BCUT2D eigenvalue weighted by Gasteiger charge is -2.34. The molecule has 0 bridgehead atoms. The van der Waals surface area contributed by atoms with E-state index in [0.29, 0.717) is 0 Å². The van der Waals surface area contributed by atoms with Crippen molar-refractivity contribution in [3.8, 4) is 11.8 Å². The summed E-state index contributed by atoms with van der Waals surface area (Å²) in [7, 11) is 0. The van der Waals surface area contributed by atoms with Crippen LogP contribution in [0.2, 0.25) is 0 Å². The first-order valence-corrected chi connectivity index (χ1v) is 6.63. The minimum absolute atomic E-state index is 0.0929. The van der Waals surface area contributed by atoms with Crippen molar-refractivity contribution in [2.45, 2.75) is 31.8 Å². The van der Waals surface area contributed by atoms with Crippen LogP contribution in [0.4, 0.5) is 0 Å². The molecule has 19 heavy (non-hydrogen) atoms. The SMILES string of the molecule is CC1(NCc2ccc(OCC#N)cc2)CCOCC1. The average Bonchev–Trinajstić information content (AvgIpc) is 2.45. The molecular weight excluding hydrogens is 240 g/mol. The highest BCUT2D eigenvalue weighted by atomic mass is 16.5. The van der Waals surface area contributed by atoms with Crippen molar-refractivity contribution in [2.75, 3.05) is 19.8 Å². The van der Waals surface area contributed by atoms with Gasteiger partial charge in [-0.05, 0) is 37.5 Å². The molecule has 2 rings (SSSR count). The van der Waals surface area contributed by atoms with Crippen LogP contribution in [0.5, 0.6) is 5.75 Å². The molecular formula is C15H20N2O2. The van der Waals surface area contributed by atoms with Gasteiger partial charge in [-0.25, -0.2) is 0 Å². The van der Waals surface area contributed by atoms with E-state index in [4.69, 9.17) is 14.7 Å². The van der Waals surface area contributed by atoms with Crippen molar-refractivity contribution in [3.63, 3.8) is 0 Å². The van der Waals surface area contributed by atoms with Gasteiger partial charge in [-0.15, -0.1) is 0 Å². The molecule has 0 atom stereocenters. The van der Waals surface area contributed by atoms with E-state index in [1.165, 1.54) is 5.56 Å². The number of nitriles is 1. The third-order valence-corrected chi connectivity index (χ3v) is 3.54. The van der Waals surface area contributed by atoms with Gasteiger partial charge < -0.3 is 14.8 Å². The molecule has 0 spiro atoms. The lowest BCUT2D eigenvalue weighted by Crippen LogP contribution is -2.46. The second-order valence-electron chi connectivity index (χ2n) is 5.12. The van der Waals surface area contributed by atoms with Gasteiger partial charge in [0.1, 0.15) is 11.8 Å². The first-order valence-electron chi connectivity index (χ1n) is 6.63. The van der Waals surface area contributed by atoms with Crippen LogP contribution < -0.4 is 10.1 Å². The summed E-state index contributed by atoms with van der Waals surface area (Å²) in [4.78, 5) is 0. The highest BCUT2D eigenvalue weighted by Crippen LogP contribution is 2.20. The molecule has 1 aromatic rings. The van der Waals surface area contributed by atoms with Gasteiger partial charge in [-0.3, -0.25) is 0 Å². The Bertz CT molecular complexity index is 430. The summed E-state index contributed by atoms with van der Waals surface area (Å²) in [6, 6.07) is 9.82. The molecule has 1 aliphatic rings. The molecule has 4 heteroatoms. The first-order chi connectivity index (χ1) is 9.22. The van der Waals surface area contributed by atoms with Crippen LogP contribution in [0, 0.1) is 11.3 Å². The molecule has 0 unspecified atom stereocenters. The van der Waals surface area contributed by atoms with Crippen LogP contribution in [0.3, 0.4) is 0 Å². The van der Waals surface area contributed by atoms with Gasteiger partial charge in [0.15, 0.2) is 6.61 Å². The number of hydrogen-bond acceptors (Lipinski definition) is 4. The molecule has 0 radical (unpaired) electrons. The van der Waals surface area contributed by atoms with Crippen LogP contribution in [-0.4, -0.2) is 25.4 Å². The fourth-order valence-electron chi connectivity index (χ4n) is 2.13. The zero-order chi connectivity index (χ0) is 13.6. The van der Waals surface area contributed by atoms with Gasteiger partial charge in [0.05, 0.1) is 0 Å². The number of benzene rings is 1. The summed E-state index contributed by atoms with van der Waals surface area (Å²) in [5.74, 6) is 0.738. The minimum atomic E-state index is 0.0929. The fraction of sp³-hybridized carbons (Fsp3) is 0.533. The highest BCUT2D eigenvalue weighted by Gasteiger charge is 2.26. The number of rotatable bonds is 5. The molecule has 0 amide bonds. The smallest absolute Gasteiger partial charge is 0.174 e. The molecule has 102 valence electrons. The average molecular weight is 260 g/mol. The van der Waals surface area contributed by atoms with Crippen LogP contribution in [0.15, 0.2) is 24.3 Å². The van der Waals surface area contributed by atoms with E-state index in [1.54, 1.807) is 0 Å². The summed E-state index contributed by atoms with van der Waals surface area (Å²) < 4.78 is 10.6. The van der Waals surface area contributed by atoms with Gasteiger partial charge in [0.25, 0.3) is 0 Å². The van der Waals surface area contributed by atoms with Crippen molar-refractivity contribution >= 4 is 0 Å². The number of hydrogen-bond donors (Lipinski definition) is 1. The van der Waals surface area contributed by atoms with Crippen LogP contribution >= 0.6 is 0 Å². The summed E-state index contributed by atoms with van der Waals surface area (Å²) in [5, 5.41) is 12.0. The number of nitrogens with one attached hydrogen (secondary N) is 1. The largest absolute Gasteiger partial charge is 0.479 e. The van der Waals surface area contributed by atoms with Crippen LogP contribution in [0.25, 0.3) is 0 Å². The zero-order valence-electron chi connectivity index (χ0n) is 11.3. The summed E-state index contributed by atoms with van der Waals surface area (Å²) in [6.07, 6.45) is 2.10. The maximum absolute atomic E-state index is 8.44. The Hall–Kier alpha value is -1.57. The molecule has 0 aromatic heterocycles. The molecule has 1 saturated heterocycles. The normalized spacial score (nSPS) is 17.7. The Kier molecular flexibility index (Phi) is 4.78. The topological polar surface area (TPSA) is 54.3 Å². The lowest BCUT2D eigenvalue weighted by atomic mass is 9.92. The predicted octanol–water partition coefficient (Wildman–Crippen LogP) is 2.25. The second-order valence-corrected chi connectivity index (χ2v) is 5.12. The summed E-state index contributed by atoms with van der Waals surface area (Å²) >= 11 is 0. The minimum Gasteiger partial charge on any atom is -0.479 e. The van der Waals surface area contributed by atoms with E-state index in [0.717, 1.165) is 38.3 Å². The van der Waals surface area contributed by atoms with Gasteiger partial charge in [0.2, 0.25) is 0 Å². The van der Waals surface area contributed by atoms with E-state index in [9.17, 15) is 0 Å². The monoisotopic (exact) mass is 260 g/mol. The van der Waals surface area contributed by atoms with Crippen molar-refractivity contribution in [2.24, 2.45) is 0 Å². The van der Waals surface area contributed by atoms with E-state index < -0.39 is 0 Å². The van der Waals surface area contributed by atoms with Gasteiger partial charge >= 0.3 is 0 Å². The Morgan fingerprint density at radius 1 is 1.32 bits per heavy atom. The maximum Gasteiger partial charge on any atom is 0.174 e. The summed E-state index contributed by atoms with van der Waals surface area (Å²) in [5.41, 5.74) is 1.39. The Morgan fingerprint density at radius 2 is 2.00 bits per heavy atom. The summed E-state index contributed by atoms with van der Waals surface area (Å²) in [6.45, 7) is 4.86. The Balaban J connectivity index is 1.84. The molecule has 4 nitrogen and oxygen atoms in total. The number of nitrogens with zero attached hydrogens (tertiary/aromatic N) is 1. The molecule has 0 saturated carbocycles. The van der Waals surface area contributed by atoms with E-state index >= 15 is 0 Å². The Morgan fingerprint density at radius 3 is 2.63 bits per heavy atom. The highest BCUT2D eigenvalue weighted by molar-refractivity contribution is 5.27. The molecule has 1 fully saturated rings. The molecule has 1 aromatic carbocycles. The van der Waals surface area contributed by atoms with Crippen molar-refractivity contribution in [3.05, 3.63) is 29.8 Å². The maximum atomic E-state index is 8.44. The van der Waals surface area contributed by atoms with E-state index in [1.807, 2.05) is 30.3 Å². The zero-order valence-corrected chi connectivity index (χ0v) is 11.3. The van der Waals surface area contributed by atoms with Crippen molar-refractivity contribution in [1.29, 1.82) is 5.26 Å². The molecule has 0 aliphatic carbocycles. The standard InChI is InChI=1S/C15H20N2O2/c1-15(6-9-18-10-7-15)17-12-13-2-4-14(5-3-13)19-11-8-16/h2-5,17H,6-7,9-12H2,1H3.